The van der Waals surface area contributed by atoms with Gasteiger partial charge in [-0.1, -0.05) is 86.6 Å². The first kappa shape index (κ1) is 17.8. The van der Waals surface area contributed by atoms with Crippen LogP contribution >= 0.6 is 12.6 Å². The van der Waals surface area contributed by atoms with E-state index in [1.165, 1.54) is 27.8 Å². The average molecular weight is 347 g/mol. The minimum Gasteiger partial charge on any atom is -0.143 e. The van der Waals surface area contributed by atoms with Gasteiger partial charge in [0.15, 0.2) is 0 Å². The van der Waals surface area contributed by atoms with Crippen LogP contribution in [-0.2, 0) is 19.3 Å². The van der Waals surface area contributed by atoms with Gasteiger partial charge in [0, 0.05) is 4.90 Å². The molecule has 1 heteroatoms. The zero-order chi connectivity index (χ0) is 17.6. The van der Waals surface area contributed by atoms with Gasteiger partial charge in [0.1, 0.15) is 0 Å². The third-order valence-corrected chi connectivity index (χ3v) is 5.02. The standard InChI is InChI=1S/C24H26S/c1-18(2)13-21-16-22(14-19-9-5-3-6-10-19)24(25)23(17-21)15-20-11-7-4-8-12-20/h3-12,16-18,25H,13-15H2,1-2H3. The molecule has 0 amide bonds. The maximum Gasteiger partial charge on any atom is 0.0111 e. The van der Waals surface area contributed by atoms with Gasteiger partial charge in [-0.05, 0) is 53.0 Å². The van der Waals surface area contributed by atoms with E-state index in [0.29, 0.717) is 5.92 Å². The van der Waals surface area contributed by atoms with Crippen molar-refractivity contribution in [2.24, 2.45) is 5.92 Å². The number of rotatable bonds is 6. The Morgan fingerprint density at radius 3 is 1.52 bits per heavy atom. The van der Waals surface area contributed by atoms with Gasteiger partial charge in [-0.2, -0.15) is 0 Å². The van der Waals surface area contributed by atoms with Crippen molar-refractivity contribution in [3.05, 3.63) is 101 Å². The minimum absolute atomic E-state index is 0.653. The summed E-state index contributed by atoms with van der Waals surface area (Å²) in [6, 6.07) is 26.0. The van der Waals surface area contributed by atoms with Crippen molar-refractivity contribution >= 4 is 12.6 Å². The molecule has 3 aromatic rings. The predicted octanol–water partition coefficient (Wildman–Crippen LogP) is 6.36. The van der Waals surface area contributed by atoms with Gasteiger partial charge in [0.2, 0.25) is 0 Å². The summed E-state index contributed by atoms with van der Waals surface area (Å²) in [5.74, 6) is 0.653. The summed E-state index contributed by atoms with van der Waals surface area (Å²) in [7, 11) is 0. The van der Waals surface area contributed by atoms with E-state index in [9.17, 15) is 0 Å². The fourth-order valence-electron chi connectivity index (χ4n) is 3.32. The van der Waals surface area contributed by atoms with Crippen LogP contribution in [0.2, 0.25) is 0 Å². The van der Waals surface area contributed by atoms with Crippen LogP contribution in [0.4, 0.5) is 0 Å². The summed E-state index contributed by atoms with van der Waals surface area (Å²) in [5, 5.41) is 0. The minimum atomic E-state index is 0.653. The third-order valence-electron chi connectivity index (χ3n) is 4.45. The molecule has 0 aliphatic heterocycles. The lowest BCUT2D eigenvalue weighted by molar-refractivity contribution is 0.645. The SMILES string of the molecule is CC(C)Cc1cc(Cc2ccccc2)c(S)c(Cc2ccccc2)c1. The van der Waals surface area contributed by atoms with Crippen molar-refractivity contribution in [3.8, 4) is 0 Å². The van der Waals surface area contributed by atoms with Gasteiger partial charge >= 0.3 is 0 Å². The Bertz CT molecular complexity index is 742. The Labute approximate surface area is 157 Å². The van der Waals surface area contributed by atoms with Crippen molar-refractivity contribution < 1.29 is 0 Å². The van der Waals surface area contributed by atoms with Crippen LogP contribution in [0.1, 0.15) is 41.7 Å². The highest BCUT2D eigenvalue weighted by Gasteiger charge is 2.11. The van der Waals surface area contributed by atoms with Crippen LogP contribution in [0.3, 0.4) is 0 Å². The Kier molecular flexibility index (Phi) is 5.99. The van der Waals surface area contributed by atoms with Gasteiger partial charge in [-0.15, -0.1) is 12.6 Å². The van der Waals surface area contributed by atoms with Gasteiger partial charge < -0.3 is 0 Å². The molecular formula is C24H26S. The number of thiol groups is 1. The Balaban J connectivity index is 1.96. The number of hydrogen-bond acceptors (Lipinski definition) is 1. The van der Waals surface area contributed by atoms with Gasteiger partial charge in [-0.3, -0.25) is 0 Å². The number of benzene rings is 3. The quantitative estimate of drug-likeness (QED) is 0.494. The molecule has 0 bridgehead atoms. The summed E-state index contributed by atoms with van der Waals surface area (Å²) < 4.78 is 0. The van der Waals surface area contributed by atoms with Gasteiger partial charge in [0.05, 0.1) is 0 Å². The molecule has 0 heterocycles. The first-order valence-electron chi connectivity index (χ1n) is 9.03. The van der Waals surface area contributed by atoms with E-state index < -0.39 is 0 Å². The number of hydrogen-bond donors (Lipinski definition) is 1. The van der Waals surface area contributed by atoms with E-state index >= 15 is 0 Å². The van der Waals surface area contributed by atoms with E-state index in [1.807, 2.05) is 0 Å². The lowest BCUT2D eigenvalue weighted by Gasteiger charge is -2.16. The Hall–Kier alpha value is -1.99. The monoisotopic (exact) mass is 346 g/mol. The highest BCUT2D eigenvalue weighted by atomic mass is 32.1. The van der Waals surface area contributed by atoms with Crippen molar-refractivity contribution in [1.29, 1.82) is 0 Å². The second-order valence-corrected chi connectivity index (χ2v) is 7.63. The fraction of sp³-hybridized carbons (Fsp3) is 0.250. The molecule has 0 aliphatic carbocycles. The summed E-state index contributed by atoms with van der Waals surface area (Å²) in [5.41, 5.74) is 6.76. The van der Waals surface area contributed by atoms with Crippen molar-refractivity contribution in [2.45, 2.75) is 38.0 Å². The topological polar surface area (TPSA) is 0 Å². The lowest BCUT2D eigenvalue weighted by Crippen LogP contribution is -2.02. The van der Waals surface area contributed by atoms with E-state index in [1.54, 1.807) is 0 Å². The molecule has 0 aliphatic rings. The van der Waals surface area contributed by atoms with Gasteiger partial charge in [-0.25, -0.2) is 0 Å². The summed E-state index contributed by atoms with van der Waals surface area (Å²) in [6.45, 7) is 4.56. The highest BCUT2D eigenvalue weighted by Crippen LogP contribution is 2.27. The molecule has 25 heavy (non-hydrogen) atoms. The average Bonchev–Trinajstić information content (AvgIpc) is 2.60. The summed E-state index contributed by atoms with van der Waals surface area (Å²) in [4.78, 5) is 1.14. The first-order chi connectivity index (χ1) is 12.1. The van der Waals surface area contributed by atoms with E-state index in [4.69, 9.17) is 12.6 Å². The smallest absolute Gasteiger partial charge is 0.0111 e. The van der Waals surface area contributed by atoms with Crippen LogP contribution < -0.4 is 0 Å². The van der Waals surface area contributed by atoms with Crippen molar-refractivity contribution in [2.75, 3.05) is 0 Å². The molecule has 0 saturated carbocycles. The molecule has 0 N–H and O–H groups in total. The molecule has 0 spiro atoms. The fourth-order valence-corrected chi connectivity index (χ4v) is 3.61. The Morgan fingerprint density at radius 2 is 1.12 bits per heavy atom. The normalized spacial score (nSPS) is 11.0. The predicted molar refractivity (Wildman–Crippen MR) is 111 cm³/mol. The highest BCUT2D eigenvalue weighted by molar-refractivity contribution is 7.80. The van der Waals surface area contributed by atoms with Crippen LogP contribution in [0.5, 0.6) is 0 Å². The maximum absolute atomic E-state index is 4.91. The molecule has 3 aromatic carbocycles. The van der Waals surface area contributed by atoms with E-state index in [2.05, 4.69) is 86.6 Å². The molecule has 0 unspecified atom stereocenters. The lowest BCUT2D eigenvalue weighted by atomic mass is 9.93. The molecule has 128 valence electrons. The molecule has 3 rings (SSSR count). The molecule has 0 aromatic heterocycles. The van der Waals surface area contributed by atoms with Crippen molar-refractivity contribution in [1.82, 2.24) is 0 Å². The van der Waals surface area contributed by atoms with Gasteiger partial charge in [0.25, 0.3) is 0 Å². The van der Waals surface area contributed by atoms with Crippen LogP contribution in [0.15, 0.2) is 77.7 Å². The molecule has 0 fully saturated rings. The van der Waals surface area contributed by atoms with E-state index in [-0.39, 0.29) is 0 Å². The molecule has 0 radical (unpaired) electrons. The van der Waals surface area contributed by atoms with Crippen LogP contribution in [0, 0.1) is 5.92 Å². The zero-order valence-corrected chi connectivity index (χ0v) is 16.0. The molecular weight excluding hydrogens is 320 g/mol. The van der Waals surface area contributed by atoms with Crippen LogP contribution in [0.25, 0.3) is 0 Å². The molecule has 0 saturated heterocycles. The second-order valence-electron chi connectivity index (χ2n) is 7.19. The summed E-state index contributed by atoms with van der Waals surface area (Å²) >= 11 is 4.91. The van der Waals surface area contributed by atoms with E-state index in [0.717, 1.165) is 24.2 Å². The third kappa shape index (κ3) is 4.99. The Morgan fingerprint density at radius 1 is 0.680 bits per heavy atom. The molecule has 0 atom stereocenters. The maximum atomic E-state index is 4.91. The second kappa shape index (κ2) is 8.40. The van der Waals surface area contributed by atoms with Crippen molar-refractivity contribution in [3.63, 3.8) is 0 Å². The molecule has 0 nitrogen and oxygen atoms in total. The summed E-state index contributed by atoms with van der Waals surface area (Å²) in [6.07, 6.45) is 2.98. The largest absolute Gasteiger partial charge is 0.143 e. The van der Waals surface area contributed by atoms with Crippen LogP contribution in [-0.4, -0.2) is 0 Å². The zero-order valence-electron chi connectivity index (χ0n) is 15.1. The first-order valence-corrected chi connectivity index (χ1v) is 9.48.